The molecule has 1 rings (SSSR count). The van der Waals surface area contributed by atoms with Gasteiger partial charge in [0.2, 0.25) is 11.8 Å². The van der Waals surface area contributed by atoms with Crippen LogP contribution in [0.4, 0.5) is 0 Å². The molecule has 130 valence electrons. The van der Waals surface area contributed by atoms with Crippen molar-refractivity contribution in [3.63, 3.8) is 0 Å². The van der Waals surface area contributed by atoms with Gasteiger partial charge < -0.3 is 10.2 Å². The molecule has 24 heavy (non-hydrogen) atoms. The molecule has 2 amide bonds. The van der Waals surface area contributed by atoms with E-state index in [2.05, 4.69) is 11.4 Å². The van der Waals surface area contributed by atoms with Gasteiger partial charge in [-0.3, -0.25) is 9.59 Å². The average molecular weight is 329 g/mol. The van der Waals surface area contributed by atoms with E-state index in [4.69, 9.17) is 5.26 Å². The lowest BCUT2D eigenvalue weighted by atomic mass is 9.96. The monoisotopic (exact) mass is 329 g/mol. The lowest BCUT2D eigenvalue weighted by molar-refractivity contribution is -0.133. The summed E-state index contributed by atoms with van der Waals surface area (Å²) in [6.45, 7) is 10.4. The smallest absolute Gasteiger partial charge is 0.225 e. The highest BCUT2D eigenvalue weighted by Gasteiger charge is 2.22. The Morgan fingerprint density at radius 1 is 1.25 bits per heavy atom. The van der Waals surface area contributed by atoms with Crippen LogP contribution in [0.5, 0.6) is 0 Å². The molecule has 1 N–H and O–H groups in total. The summed E-state index contributed by atoms with van der Waals surface area (Å²) in [7, 11) is 0. The molecule has 0 radical (unpaired) electrons. The van der Waals surface area contributed by atoms with Gasteiger partial charge in [-0.25, -0.2) is 0 Å². The van der Waals surface area contributed by atoms with Crippen molar-refractivity contribution < 1.29 is 9.59 Å². The summed E-state index contributed by atoms with van der Waals surface area (Å²) >= 11 is 0. The van der Waals surface area contributed by atoms with Crippen LogP contribution in [0.1, 0.15) is 58.2 Å². The van der Waals surface area contributed by atoms with Crippen LogP contribution in [0.15, 0.2) is 24.3 Å². The summed E-state index contributed by atoms with van der Waals surface area (Å²) in [5.74, 6) is -0.0536. The zero-order valence-electron chi connectivity index (χ0n) is 15.2. The molecule has 1 atom stereocenters. The van der Waals surface area contributed by atoms with E-state index in [9.17, 15) is 9.59 Å². The highest BCUT2D eigenvalue weighted by Crippen LogP contribution is 2.21. The van der Waals surface area contributed by atoms with Crippen LogP contribution >= 0.6 is 0 Å². The summed E-state index contributed by atoms with van der Waals surface area (Å²) in [6.07, 6.45) is 0.274. The van der Waals surface area contributed by atoms with Gasteiger partial charge in [0.1, 0.15) is 0 Å². The van der Waals surface area contributed by atoms with Crippen molar-refractivity contribution >= 4 is 11.8 Å². The van der Waals surface area contributed by atoms with Gasteiger partial charge in [0.05, 0.1) is 17.7 Å². The fraction of sp³-hybridized carbons (Fsp3) is 0.526. The number of amides is 2. The summed E-state index contributed by atoms with van der Waals surface area (Å²) in [4.78, 5) is 26.1. The molecule has 1 aromatic rings. The molecular weight excluding hydrogens is 302 g/mol. The molecule has 0 aliphatic carbocycles. The molecule has 0 spiro atoms. The van der Waals surface area contributed by atoms with Crippen LogP contribution in [0, 0.1) is 16.7 Å². The first-order valence-electron chi connectivity index (χ1n) is 8.28. The first-order valence-corrected chi connectivity index (χ1v) is 8.28. The molecule has 0 aliphatic heterocycles. The van der Waals surface area contributed by atoms with E-state index in [1.165, 1.54) is 0 Å². The second-order valence-corrected chi connectivity index (χ2v) is 6.85. The number of nitrogens with one attached hydrogen (secondary N) is 1. The number of benzene rings is 1. The third-order valence-corrected chi connectivity index (χ3v) is 3.96. The highest BCUT2D eigenvalue weighted by atomic mass is 16.2. The molecule has 5 heteroatoms. The second kappa shape index (κ2) is 8.49. The van der Waals surface area contributed by atoms with Crippen LogP contribution in [0.2, 0.25) is 0 Å². The maximum atomic E-state index is 12.5. The van der Waals surface area contributed by atoms with E-state index in [-0.39, 0.29) is 24.3 Å². The highest BCUT2D eigenvalue weighted by molar-refractivity contribution is 5.82. The molecule has 1 unspecified atom stereocenters. The summed E-state index contributed by atoms with van der Waals surface area (Å²) < 4.78 is 0. The van der Waals surface area contributed by atoms with Gasteiger partial charge in [0.15, 0.2) is 0 Å². The minimum atomic E-state index is -0.455. The number of nitriles is 1. The third-order valence-electron chi connectivity index (χ3n) is 3.96. The molecule has 0 fully saturated rings. The molecule has 1 aromatic carbocycles. The average Bonchev–Trinajstić information content (AvgIpc) is 2.54. The predicted octanol–water partition coefficient (Wildman–Crippen LogP) is 3.02. The van der Waals surface area contributed by atoms with Crippen molar-refractivity contribution in [1.29, 1.82) is 5.26 Å². The normalized spacial score (nSPS) is 12.2. The number of hydrogen-bond acceptors (Lipinski definition) is 3. The number of carbonyl (C=O) groups is 2. The minimum Gasteiger partial charge on any atom is -0.355 e. The number of nitrogens with zero attached hydrogens (tertiary/aromatic N) is 2. The maximum Gasteiger partial charge on any atom is 0.225 e. The van der Waals surface area contributed by atoms with Gasteiger partial charge in [-0.05, 0) is 31.5 Å². The van der Waals surface area contributed by atoms with E-state index in [0.717, 1.165) is 5.56 Å². The number of rotatable bonds is 6. The summed E-state index contributed by atoms with van der Waals surface area (Å²) in [5, 5.41) is 11.7. The topological polar surface area (TPSA) is 73.2 Å². The Morgan fingerprint density at radius 3 is 2.29 bits per heavy atom. The first kappa shape index (κ1) is 19.7. The molecule has 0 heterocycles. The van der Waals surface area contributed by atoms with Crippen LogP contribution in [-0.4, -0.2) is 29.8 Å². The predicted molar refractivity (Wildman–Crippen MR) is 94.0 cm³/mol. The quantitative estimate of drug-likeness (QED) is 0.872. The molecule has 0 aliphatic rings. The summed E-state index contributed by atoms with van der Waals surface area (Å²) in [6, 6.07) is 9.28. The van der Waals surface area contributed by atoms with Crippen molar-refractivity contribution in [2.45, 2.75) is 47.1 Å². The Balaban J connectivity index is 2.65. The van der Waals surface area contributed by atoms with Gasteiger partial charge in [-0.1, -0.05) is 32.9 Å². The van der Waals surface area contributed by atoms with Gasteiger partial charge in [0.25, 0.3) is 0 Å². The van der Waals surface area contributed by atoms with Gasteiger partial charge in [0, 0.05) is 24.9 Å². The van der Waals surface area contributed by atoms with E-state index < -0.39 is 5.41 Å². The maximum absolute atomic E-state index is 12.5. The fourth-order valence-electron chi connectivity index (χ4n) is 2.37. The minimum absolute atomic E-state index is 0.00330. The molecule has 0 saturated carbocycles. The Kier molecular flexibility index (Phi) is 6.97. The molecular formula is C19H27N3O2. The molecule has 5 nitrogen and oxygen atoms in total. The van der Waals surface area contributed by atoms with E-state index >= 15 is 0 Å². The molecule has 0 aromatic heterocycles. The van der Waals surface area contributed by atoms with Gasteiger partial charge in [-0.2, -0.15) is 5.26 Å². The lowest BCUT2D eigenvalue weighted by Crippen LogP contribution is -2.39. The number of hydrogen-bond donors (Lipinski definition) is 1. The van der Waals surface area contributed by atoms with Crippen LogP contribution < -0.4 is 5.32 Å². The second-order valence-electron chi connectivity index (χ2n) is 6.85. The van der Waals surface area contributed by atoms with E-state index in [0.29, 0.717) is 18.7 Å². The summed E-state index contributed by atoms with van der Waals surface area (Å²) in [5.41, 5.74) is 1.14. The van der Waals surface area contributed by atoms with E-state index in [1.54, 1.807) is 17.0 Å². The standard InChI is InChI=1S/C19H27N3O2/c1-6-22(14(2)16-9-7-15(13-20)8-10-16)17(23)11-12-21-18(24)19(3,4)5/h7-10,14H,6,11-12H2,1-5H3,(H,21,24). The Bertz CT molecular complexity index is 609. The van der Waals surface area contributed by atoms with Crippen LogP contribution in [-0.2, 0) is 9.59 Å². The van der Waals surface area contributed by atoms with E-state index in [1.807, 2.05) is 46.8 Å². The first-order chi connectivity index (χ1) is 11.2. The van der Waals surface area contributed by atoms with Crippen LogP contribution in [0.25, 0.3) is 0 Å². The van der Waals surface area contributed by atoms with Gasteiger partial charge >= 0.3 is 0 Å². The van der Waals surface area contributed by atoms with Crippen molar-refractivity contribution in [2.24, 2.45) is 5.41 Å². The molecule has 0 saturated heterocycles. The Morgan fingerprint density at radius 2 is 1.83 bits per heavy atom. The van der Waals surface area contributed by atoms with Crippen molar-refractivity contribution in [2.75, 3.05) is 13.1 Å². The zero-order chi connectivity index (χ0) is 18.3. The Hall–Kier alpha value is -2.35. The molecule has 0 bridgehead atoms. The van der Waals surface area contributed by atoms with Crippen molar-refractivity contribution in [3.05, 3.63) is 35.4 Å². The SMILES string of the molecule is CCN(C(=O)CCNC(=O)C(C)(C)C)C(C)c1ccc(C#N)cc1. The Labute approximate surface area is 144 Å². The fourth-order valence-corrected chi connectivity index (χ4v) is 2.37. The van der Waals surface area contributed by atoms with Gasteiger partial charge in [-0.15, -0.1) is 0 Å². The number of carbonyl (C=O) groups excluding carboxylic acids is 2. The van der Waals surface area contributed by atoms with Crippen molar-refractivity contribution in [3.8, 4) is 6.07 Å². The van der Waals surface area contributed by atoms with Crippen LogP contribution in [0.3, 0.4) is 0 Å². The largest absolute Gasteiger partial charge is 0.355 e. The third kappa shape index (κ3) is 5.38. The van der Waals surface area contributed by atoms with Crippen molar-refractivity contribution in [1.82, 2.24) is 10.2 Å². The zero-order valence-corrected chi connectivity index (χ0v) is 15.2. The lowest BCUT2D eigenvalue weighted by Gasteiger charge is -2.29.